The molecule has 0 fully saturated rings. The minimum absolute atomic E-state index is 0. The molecule has 0 N–H and O–H groups in total. The second-order valence-corrected chi connectivity index (χ2v) is 0. The topological polar surface area (TPSA) is 0 Å². The van der Waals surface area contributed by atoms with Gasteiger partial charge in [-0.2, -0.15) is 0 Å². The van der Waals surface area contributed by atoms with Crippen LogP contribution in [0.4, 0.5) is 0 Å². The Balaban J connectivity index is -0.00000000500. The van der Waals surface area contributed by atoms with Crippen molar-refractivity contribution in [1.29, 1.82) is 0 Å². The normalized spacial score (nSPS) is 1.25. The van der Waals surface area contributed by atoms with Gasteiger partial charge in [0.05, 0.1) is 0 Å². The molecule has 4 heavy (non-hydrogen) atoms. The molecular weight excluding hydrogens is 216 g/mol. The van der Waals surface area contributed by atoms with Gasteiger partial charge in [0.2, 0.25) is 0 Å². The Hall–Kier alpha value is 1.74. The van der Waals surface area contributed by atoms with Crippen molar-refractivity contribution in [2.45, 2.75) is 7.43 Å². The second kappa shape index (κ2) is 21.9. The van der Waals surface area contributed by atoms with E-state index in [4.69, 9.17) is 0 Å². The maximum atomic E-state index is 3.26. The van der Waals surface area contributed by atoms with E-state index in [2.05, 4.69) is 13.4 Å². The molecule has 0 unspecified atom stereocenters. The fourth-order valence-electron chi connectivity index (χ4n) is 0. The summed E-state index contributed by atoms with van der Waals surface area (Å²) in [7, 11) is 0. The molecule has 0 aliphatic carbocycles. The summed E-state index contributed by atoms with van der Waals surface area (Å²) in [6, 6.07) is 0. The molecule has 0 aliphatic rings. The van der Waals surface area contributed by atoms with Crippen molar-refractivity contribution >= 4 is 0 Å². The summed E-state index contributed by atoms with van der Waals surface area (Å²) in [5.74, 6) is 0. The molecule has 0 heterocycles. The molecule has 0 atom stereocenters. The van der Waals surface area contributed by atoms with Crippen molar-refractivity contribution in [1.82, 2.24) is 0 Å². The third-order valence-corrected chi connectivity index (χ3v) is 0. The molecule has 0 saturated heterocycles. The Morgan fingerprint density at radius 1 is 1.25 bits per heavy atom. The average Bonchev–Trinajstić information content (AvgIpc) is 1.00. The third kappa shape index (κ3) is 9.27. The molecule has 0 nitrogen and oxygen atoms in total. The second-order valence-electron chi connectivity index (χ2n) is 0. The molecule has 3 heteroatoms. The summed E-state index contributed by atoms with van der Waals surface area (Å²) in [6.45, 7) is 0. The van der Waals surface area contributed by atoms with Crippen LogP contribution in [0.25, 0.3) is 0 Å². The van der Waals surface area contributed by atoms with Crippen molar-refractivity contribution in [3.8, 4) is 0 Å². The van der Waals surface area contributed by atoms with Crippen LogP contribution in [-0.2, 0) is 48.5 Å². The molecule has 0 rings (SSSR count). The zero-order valence-corrected chi connectivity index (χ0v) is 5.56. The first-order valence-electron chi connectivity index (χ1n) is 0.144. The first kappa shape index (κ1) is 17.2. The molecule has 0 aliphatic heterocycles. The van der Waals surface area contributed by atoms with E-state index in [1.165, 1.54) is 0 Å². The van der Waals surface area contributed by atoms with Gasteiger partial charge in [0.1, 0.15) is 0 Å². The van der Waals surface area contributed by atoms with E-state index >= 15 is 0 Å². The zero-order chi connectivity index (χ0) is 2.00. The molecule has 28 valence electrons. The van der Waals surface area contributed by atoms with Crippen molar-refractivity contribution in [3.05, 3.63) is 0 Å². The summed E-state index contributed by atoms with van der Waals surface area (Å²) in [4.78, 5) is 0. The van der Waals surface area contributed by atoms with Gasteiger partial charge >= 0.3 is 31.1 Å². The van der Waals surface area contributed by atoms with Crippen LogP contribution in [0.15, 0.2) is 0 Å². The summed E-state index contributed by atoms with van der Waals surface area (Å²) >= 11 is 4.96. The molecule has 0 aromatic rings. The van der Waals surface area contributed by atoms with Gasteiger partial charge < -0.3 is 0 Å². The minimum atomic E-state index is 0. The molecule has 0 bridgehead atoms. The molecule has 0 radical (unpaired) electrons. The van der Waals surface area contributed by atoms with Crippen LogP contribution in [0.3, 0.4) is 0 Å². The number of rotatable bonds is 0. The van der Waals surface area contributed by atoms with Gasteiger partial charge in [-0.25, -0.2) is 0 Å². The third-order valence-electron chi connectivity index (χ3n) is 0. The van der Waals surface area contributed by atoms with E-state index < -0.39 is 0 Å². The maximum absolute atomic E-state index is 3.26. The molecular formula is CH4CrFeMo. The van der Waals surface area contributed by atoms with Gasteiger partial charge in [0, 0.05) is 17.4 Å². The van der Waals surface area contributed by atoms with E-state index in [1.807, 2.05) is 0 Å². The Labute approximate surface area is 55.6 Å². The van der Waals surface area contributed by atoms with E-state index in [1.54, 1.807) is 17.7 Å². The zero-order valence-electron chi connectivity index (χ0n) is 1.17. The van der Waals surface area contributed by atoms with Crippen LogP contribution in [0.5, 0.6) is 0 Å². The van der Waals surface area contributed by atoms with Crippen molar-refractivity contribution < 1.29 is 48.5 Å². The Bertz CT molecular complexity index is 8.00. The first-order valence-corrected chi connectivity index (χ1v) is 3.52. The first-order chi connectivity index (χ1) is 1.00. The number of hydrogen-bond acceptors (Lipinski definition) is 0. The van der Waals surface area contributed by atoms with E-state index in [0.29, 0.717) is 0 Å². The van der Waals surface area contributed by atoms with Crippen LogP contribution in [0.1, 0.15) is 7.43 Å². The average molecular weight is 220 g/mol. The molecule has 0 saturated carbocycles. The Kier molecular flexibility index (Phi) is 94.0. The summed E-state index contributed by atoms with van der Waals surface area (Å²) in [5, 5.41) is 0. The predicted molar refractivity (Wildman–Crippen MR) is 6.73 cm³/mol. The van der Waals surface area contributed by atoms with E-state index in [-0.39, 0.29) is 24.8 Å². The molecule has 0 aromatic carbocycles. The fourth-order valence-corrected chi connectivity index (χ4v) is 0. The van der Waals surface area contributed by atoms with Crippen LogP contribution in [0, 0.1) is 0 Å². The van der Waals surface area contributed by atoms with Crippen LogP contribution in [0.2, 0.25) is 0 Å². The molecule has 0 amide bonds. The quantitative estimate of drug-likeness (QED) is 0.525. The van der Waals surface area contributed by atoms with Crippen molar-refractivity contribution in [2.75, 3.05) is 0 Å². The fraction of sp³-hybridized carbons (Fsp3) is 1.00. The molecule has 0 spiro atoms. The molecule has 0 aromatic heterocycles. The Morgan fingerprint density at radius 3 is 1.25 bits per heavy atom. The van der Waals surface area contributed by atoms with Gasteiger partial charge in [-0.15, -0.1) is 0 Å². The van der Waals surface area contributed by atoms with Crippen molar-refractivity contribution in [3.63, 3.8) is 0 Å². The van der Waals surface area contributed by atoms with Gasteiger partial charge in [-0.3, -0.25) is 0 Å². The van der Waals surface area contributed by atoms with Gasteiger partial charge in [0.15, 0.2) is 0 Å². The number of hydrogen-bond donors (Lipinski definition) is 0. The van der Waals surface area contributed by atoms with Crippen LogP contribution < -0.4 is 0 Å². The SMILES string of the molecule is C.[Cr].[Fe][Mo]. The Morgan fingerprint density at radius 2 is 1.25 bits per heavy atom. The summed E-state index contributed by atoms with van der Waals surface area (Å²) in [6.07, 6.45) is 0. The van der Waals surface area contributed by atoms with Gasteiger partial charge in [-0.05, 0) is 0 Å². The van der Waals surface area contributed by atoms with E-state index in [9.17, 15) is 0 Å². The van der Waals surface area contributed by atoms with E-state index in [0.717, 1.165) is 0 Å². The van der Waals surface area contributed by atoms with Crippen LogP contribution >= 0.6 is 0 Å². The van der Waals surface area contributed by atoms with Gasteiger partial charge in [0.25, 0.3) is 0 Å². The standard InChI is InChI=1S/CH4.Cr.Fe.Mo/h1H4;;;. The monoisotopic (exact) mass is 222 g/mol. The van der Waals surface area contributed by atoms with Gasteiger partial charge in [-0.1, -0.05) is 7.43 Å². The predicted octanol–water partition coefficient (Wildman–Crippen LogP) is 0.629. The summed E-state index contributed by atoms with van der Waals surface area (Å²) in [5.41, 5.74) is 0. The van der Waals surface area contributed by atoms with Crippen molar-refractivity contribution in [2.24, 2.45) is 0 Å². The summed E-state index contributed by atoms with van der Waals surface area (Å²) < 4.78 is 0. The van der Waals surface area contributed by atoms with Crippen LogP contribution in [-0.4, -0.2) is 0 Å².